The zero-order valence-corrected chi connectivity index (χ0v) is 45.1. The zero-order chi connectivity index (χ0) is 47.8. The third-order valence-corrected chi connectivity index (χ3v) is 10.0. The molecular weight excluding hydrogens is 1080 g/mol. The zero-order valence-electron chi connectivity index (χ0n) is 39.0. The summed E-state index contributed by atoms with van der Waals surface area (Å²) in [5, 5.41) is 0. The summed E-state index contributed by atoms with van der Waals surface area (Å²) in [4.78, 5) is 26.3. The Morgan fingerprint density at radius 3 is 0.941 bits per heavy atom. The normalized spacial score (nSPS) is 9.76. The molecule has 0 unspecified atom stereocenters. The van der Waals surface area contributed by atoms with Crippen LogP contribution >= 0.6 is 37.9 Å². The molecule has 6 nitrogen and oxygen atoms in total. The van der Waals surface area contributed by atoms with Crippen molar-refractivity contribution in [1.29, 1.82) is 0 Å². The third kappa shape index (κ3) is 28.9. The Balaban J connectivity index is 0.000000454. The Labute approximate surface area is 446 Å². The molecule has 352 valence electrons. The molecule has 68 heavy (non-hydrogen) atoms. The Kier molecular flexibility index (Phi) is 33.0. The predicted octanol–water partition coefficient (Wildman–Crippen LogP) is 13.8. The van der Waals surface area contributed by atoms with Gasteiger partial charge in [0.25, 0.3) is 0 Å². The molecule has 0 spiro atoms. The molecule has 0 saturated carbocycles. The molecule has 7 aromatic rings. The SMILES string of the molecule is COc1ccc(/C=C/C(=O)OCCc2ccccc2)cc1.COc1ccc(/C=C/C(=O)OCCc2ccccc2)cc1.Cc1ccc(S)cc1.Cc1ccc(S)cc1.Cc1ccc(S)cc1.[Ru+3].[Ru+3]. The monoisotopic (exact) mass is 1140 g/mol. The molecular formula is C57H60O6Ru2S3+6. The molecule has 0 amide bonds. The maximum Gasteiger partial charge on any atom is 3.00 e. The smallest absolute Gasteiger partial charge is 0.497 e. The molecule has 0 N–H and O–H groups in total. The van der Waals surface area contributed by atoms with Gasteiger partial charge < -0.3 is 18.9 Å². The number of benzene rings is 7. The van der Waals surface area contributed by atoms with Crippen LogP contribution in [0.5, 0.6) is 11.5 Å². The summed E-state index contributed by atoms with van der Waals surface area (Å²) >= 11 is 12.4. The molecule has 0 aliphatic heterocycles. The number of carbonyl (C=O) groups excluding carboxylic acids is 2. The van der Waals surface area contributed by atoms with E-state index < -0.39 is 0 Å². The van der Waals surface area contributed by atoms with Crippen molar-refractivity contribution in [1.82, 2.24) is 0 Å². The number of rotatable bonds is 12. The van der Waals surface area contributed by atoms with Gasteiger partial charge in [0.1, 0.15) is 11.5 Å². The first-order valence-corrected chi connectivity index (χ1v) is 22.6. The minimum atomic E-state index is -0.332. The molecule has 0 aliphatic carbocycles. The summed E-state index contributed by atoms with van der Waals surface area (Å²) in [6.07, 6.45) is 7.78. The molecule has 7 rings (SSSR count). The topological polar surface area (TPSA) is 71.1 Å². The van der Waals surface area contributed by atoms with Gasteiger partial charge in [-0.25, -0.2) is 9.59 Å². The van der Waals surface area contributed by atoms with Crippen molar-refractivity contribution in [3.63, 3.8) is 0 Å². The van der Waals surface area contributed by atoms with E-state index in [0.29, 0.717) is 13.2 Å². The predicted molar refractivity (Wildman–Crippen MR) is 282 cm³/mol. The molecule has 11 heteroatoms. The summed E-state index contributed by atoms with van der Waals surface area (Å²) in [6.45, 7) is 6.96. The van der Waals surface area contributed by atoms with Crippen molar-refractivity contribution >= 4 is 62.0 Å². The van der Waals surface area contributed by atoms with E-state index in [2.05, 4.69) is 58.7 Å². The van der Waals surface area contributed by atoms with Gasteiger partial charge in [0.2, 0.25) is 0 Å². The largest absolute Gasteiger partial charge is 3.00 e. The van der Waals surface area contributed by atoms with Crippen molar-refractivity contribution in [2.24, 2.45) is 0 Å². The fraction of sp³-hybridized carbons (Fsp3) is 0.158. The first-order valence-electron chi connectivity index (χ1n) is 21.2. The molecule has 0 saturated heterocycles. The summed E-state index contributed by atoms with van der Waals surface area (Å²) in [7, 11) is 3.24. The Bertz CT molecular complexity index is 2170. The number of aryl methyl sites for hydroxylation is 3. The van der Waals surface area contributed by atoms with Crippen LogP contribution in [0.4, 0.5) is 0 Å². The second kappa shape index (κ2) is 36.8. The van der Waals surface area contributed by atoms with E-state index in [-0.39, 0.29) is 50.9 Å². The number of hydrogen-bond donors (Lipinski definition) is 3. The van der Waals surface area contributed by atoms with Crippen LogP contribution in [0.15, 0.2) is 209 Å². The molecule has 0 bridgehead atoms. The number of carbonyl (C=O) groups is 2. The number of ether oxygens (including phenoxy) is 4. The summed E-state index contributed by atoms with van der Waals surface area (Å²) in [5.74, 6) is 0.915. The third-order valence-electron chi connectivity index (χ3n) is 9.11. The molecule has 0 atom stereocenters. The van der Waals surface area contributed by atoms with E-state index in [1.54, 1.807) is 26.4 Å². The van der Waals surface area contributed by atoms with Crippen molar-refractivity contribution < 1.29 is 67.5 Å². The van der Waals surface area contributed by atoms with Crippen LogP contribution in [0.25, 0.3) is 12.2 Å². The summed E-state index contributed by atoms with van der Waals surface area (Å²) in [6, 6.07) is 59.0. The molecule has 0 aromatic heterocycles. The van der Waals surface area contributed by atoms with Crippen molar-refractivity contribution in [3.05, 3.63) is 233 Å². The Hall–Kier alpha value is -5.14. The number of methoxy groups -OCH3 is 2. The molecule has 0 fully saturated rings. The molecule has 7 aromatic carbocycles. The molecule has 0 heterocycles. The van der Waals surface area contributed by atoms with Gasteiger partial charge in [-0.05, 0) is 116 Å². The second-order valence-electron chi connectivity index (χ2n) is 14.5. The van der Waals surface area contributed by atoms with E-state index in [4.69, 9.17) is 18.9 Å². The van der Waals surface area contributed by atoms with Crippen molar-refractivity contribution in [2.75, 3.05) is 27.4 Å². The van der Waals surface area contributed by atoms with Crippen molar-refractivity contribution in [2.45, 2.75) is 48.3 Å². The average molecular weight is 1140 g/mol. The standard InChI is InChI=1S/2C18H18O3.3C7H8S.2Ru/c2*1-20-17-10-7-16(8-11-17)9-12-18(19)21-14-13-15-5-3-2-4-6-15;3*1-6-2-4-7(8)5-3-6;;/h2*2-12H,13-14H2,1H3;3*2-5,8H,1H3;;/q;;;;;2*+3/b2*12-9+;;;;;. The van der Waals surface area contributed by atoms with E-state index in [0.717, 1.165) is 61.3 Å². The van der Waals surface area contributed by atoms with E-state index in [1.807, 2.05) is 182 Å². The first-order chi connectivity index (χ1) is 31.9. The Morgan fingerprint density at radius 1 is 0.412 bits per heavy atom. The van der Waals surface area contributed by atoms with Gasteiger partial charge in [-0.2, -0.15) is 0 Å². The van der Waals surface area contributed by atoms with Crippen molar-refractivity contribution in [3.8, 4) is 11.5 Å². The van der Waals surface area contributed by atoms with Gasteiger partial charge in [0, 0.05) is 39.7 Å². The van der Waals surface area contributed by atoms with Crippen LogP contribution in [0.1, 0.15) is 38.9 Å². The summed E-state index contributed by atoms with van der Waals surface area (Å²) in [5.41, 5.74) is 8.01. The Morgan fingerprint density at radius 2 is 0.691 bits per heavy atom. The fourth-order valence-corrected chi connectivity index (χ4v) is 5.76. The van der Waals surface area contributed by atoms with Crippen LogP contribution in [0, 0.1) is 20.8 Å². The summed E-state index contributed by atoms with van der Waals surface area (Å²) < 4.78 is 20.5. The van der Waals surface area contributed by atoms with Gasteiger partial charge in [0.15, 0.2) is 0 Å². The van der Waals surface area contributed by atoms with Crippen LogP contribution in [-0.4, -0.2) is 39.4 Å². The first kappa shape index (κ1) is 60.9. The van der Waals surface area contributed by atoms with Crippen LogP contribution in [0.2, 0.25) is 0 Å². The maximum atomic E-state index is 11.6. The minimum absolute atomic E-state index is 0. The fourth-order valence-electron chi connectivity index (χ4n) is 5.32. The van der Waals surface area contributed by atoms with Gasteiger partial charge in [-0.3, -0.25) is 0 Å². The van der Waals surface area contributed by atoms with Gasteiger partial charge in [-0.1, -0.05) is 138 Å². The van der Waals surface area contributed by atoms with Crippen LogP contribution in [-0.2, 0) is 70.9 Å². The van der Waals surface area contributed by atoms with Crippen LogP contribution in [0.3, 0.4) is 0 Å². The number of thiol groups is 3. The van der Waals surface area contributed by atoms with Crippen LogP contribution < -0.4 is 9.47 Å². The quantitative estimate of drug-likeness (QED) is 0.0490. The maximum absolute atomic E-state index is 11.6. The number of esters is 2. The number of hydrogen-bond acceptors (Lipinski definition) is 9. The average Bonchev–Trinajstić information content (AvgIpc) is 3.35. The minimum Gasteiger partial charge on any atom is -0.497 e. The van der Waals surface area contributed by atoms with E-state index in [9.17, 15) is 9.59 Å². The molecule has 0 aliphatic rings. The van der Waals surface area contributed by atoms with Gasteiger partial charge in [0.05, 0.1) is 27.4 Å². The second-order valence-corrected chi connectivity index (χ2v) is 16.1. The molecule has 2 radical (unpaired) electrons. The van der Waals surface area contributed by atoms with Gasteiger partial charge >= 0.3 is 50.9 Å². The van der Waals surface area contributed by atoms with E-state index in [1.165, 1.54) is 28.8 Å². The van der Waals surface area contributed by atoms with Gasteiger partial charge in [-0.15, -0.1) is 37.9 Å². The van der Waals surface area contributed by atoms with E-state index >= 15 is 0 Å².